The average molecular weight is 490 g/mol. The molecule has 0 aliphatic carbocycles. The molecule has 0 radical (unpaired) electrons. The van der Waals surface area contributed by atoms with Crippen molar-refractivity contribution in [1.82, 2.24) is 5.32 Å². The molecule has 1 heterocycles. The van der Waals surface area contributed by atoms with Crippen LogP contribution in [0.2, 0.25) is 5.02 Å². The lowest BCUT2D eigenvalue weighted by molar-refractivity contribution is -0.137. The maximum atomic E-state index is 13.4. The van der Waals surface area contributed by atoms with Crippen LogP contribution in [0.25, 0.3) is 0 Å². The molecule has 0 aromatic heterocycles. The topological polar surface area (TPSA) is 58.6 Å². The van der Waals surface area contributed by atoms with Crippen molar-refractivity contribution in [2.24, 2.45) is 5.92 Å². The van der Waals surface area contributed by atoms with Gasteiger partial charge in [-0.25, -0.2) is 0 Å². The number of para-hydroxylation sites is 1. The van der Waals surface area contributed by atoms with Crippen LogP contribution in [0.5, 0.6) is 11.5 Å². The minimum atomic E-state index is -4.51. The van der Waals surface area contributed by atoms with Crippen LogP contribution in [0, 0.1) is 5.92 Å². The summed E-state index contributed by atoms with van der Waals surface area (Å²) in [4.78, 5) is 13.0. The van der Waals surface area contributed by atoms with Crippen molar-refractivity contribution in [2.45, 2.75) is 31.0 Å². The molecule has 3 atom stereocenters. The third-order valence-corrected chi connectivity index (χ3v) is 6.21. The maximum absolute atomic E-state index is 13.4. The molecule has 34 heavy (non-hydrogen) atoms. The van der Waals surface area contributed by atoms with E-state index >= 15 is 0 Å². The van der Waals surface area contributed by atoms with Gasteiger partial charge < -0.3 is 15.2 Å². The second-order valence-electron chi connectivity index (χ2n) is 8.20. The molecule has 3 unspecified atom stereocenters. The quantitative estimate of drug-likeness (QED) is 0.398. The highest BCUT2D eigenvalue weighted by molar-refractivity contribution is 6.30. The number of amides is 1. The Morgan fingerprint density at radius 1 is 1.00 bits per heavy atom. The lowest BCUT2D eigenvalue weighted by Crippen LogP contribution is -2.21. The molecule has 1 amide bonds. The number of halogens is 4. The summed E-state index contributed by atoms with van der Waals surface area (Å²) in [5.41, 5.74) is 0.214. The highest BCUT2D eigenvalue weighted by Gasteiger charge is 2.45. The van der Waals surface area contributed by atoms with Crippen molar-refractivity contribution >= 4 is 17.5 Å². The summed E-state index contributed by atoms with van der Waals surface area (Å²) < 4.78 is 46.3. The normalized spacial score (nSPS) is 20.3. The van der Waals surface area contributed by atoms with Crippen molar-refractivity contribution < 1.29 is 27.8 Å². The van der Waals surface area contributed by atoms with Crippen LogP contribution < -0.4 is 10.1 Å². The number of carbonyl (C=O) groups excluding carboxylic acids is 1. The predicted molar refractivity (Wildman–Crippen MR) is 123 cm³/mol. The summed E-state index contributed by atoms with van der Waals surface area (Å²) in [6.07, 6.45) is -3.76. The van der Waals surface area contributed by atoms with Crippen molar-refractivity contribution in [2.75, 3.05) is 6.61 Å². The Labute approximate surface area is 200 Å². The van der Waals surface area contributed by atoms with Crippen LogP contribution in [0.1, 0.15) is 41.5 Å². The van der Waals surface area contributed by atoms with Gasteiger partial charge in [0.25, 0.3) is 0 Å². The van der Waals surface area contributed by atoms with E-state index in [0.29, 0.717) is 40.5 Å². The number of benzene rings is 3. The molecule has 1 fully saturated rings. The third-order valence-electron chi connectivity index (χ3n) is 5.98. The molecule has 0 saturated carbocycles. The standard InChI is InChI=1S/C26H23ClF3NO3/c27-18-11-12-20(22(15-18)34-19-8-2-1-3-9-19)23-21(10-5-13-32)25(33)31-24(23)16-6-4-7-17(14-16)26(28,29)30/h1-4,6-9,11-12,14-15,21,23-24,32H,5,10,13H2,(H,31,33). The first kappa shape index (κ1) is 24.1. The zero-order valence-electron chi connectivity index (χ0n) is 18.1. The molecule has 0 spiro atoms. The molecule has 1 saturated heterocycles. The Balaban J connectivity index is 1.81. The summed E-state index contributed by atoms with van der Waals surface area (Å²) in [6.45, 7) is -0.0985. The number of hydrogen-bond donors (Lipinski definition) is 2. The van der Waals surface area contributed by atoms with Crippen LogP contribution in [0.15, 0.2) is 72.8 Å². The first-order valence-electron chi connectivity index (χ1n) is 10.9. The minimum absolute atomic E-state index is 0.0985. The Morgan fingerprint density at radius 2 is 1.76 bits per heavy atom. The van der Waals surface area contributed by atoms with Gasteiger partial charge in [-0.05, 0) is 54.8 Å². The van der Waals surface area contributed by atoms with Gasteiger partial charge >= 0.3 is 6.18 Å². The molecule has 1 aliphatic rings. The zero-order chi connectivity index (χ0) is 24.3. The Morgan fingerprint density at radius 3 is 2.47 bits per heavy atom. The van der Waals surface area contributed by atoms with E-state index in [4.69, 9.17) is 16.3 Å². The molecule has 3 aromatic carbocycles. The maximum Gasteiger partial charge on any atom is 0.416 e. The fraction of sp³-hybridized carbons (Fsp3) is 0.269. The second-order valence-corrected chi connectivity index (χ2v) is 8.64. The monoisotopic (exact) mass is 489 g/mol. The molecule has 1 aliphatic heterocycles. The highest BCUT2D eigenvalue weighted by Crippen LogP contribution is 2.48. The number of hydrogen-bond acceptors (Lipinski definition) is 3. The third kappa shape index (κ3) is 5.21. The largest absolute Gasteiger partial charge is 0.457 e. The van der Waals surface area contributed by atoms with E-state index in [1.165, 1.54) is 6.07 Å². The van der Waals surface area contributed by atoms with Crippen LogP contribution in [0.3, 0.4) is 0 Å². The van der Waals surface area contributed by atoms with Gasteiger partial charge in [0.2, 0.25) is 5.91 Å². The number of carbonyl (C=O) groups is 1. The molecule has 2 N–H and O–H groups in total. The summed E-state index contributed by atoms with van der Waals surface area (Å²) in [7, 11) is 0. The van der Waals surface area contributed by atoms with E-state index in [1.54, 1.807) is 36.4 Å². The number of aliphatic hydroxyl groups is 1. The van der Waals surface area contributed by atoms with Crippen LogP contribution in [-0.4, -0.2) is 17.6 Å². The van der Waals surface area contributed by atoms with E-state index in [0.717, 1.165) is 12.1 Å². The Hall–Kier alpha value is -3.03. The SMILES string of the molecule is O=C1NC(c2cccc(C(F)(F)F)c2)C(c2ccc(Cl)cc2Oc2ccccc2)C1CCCO. The molecule has 4 rings (SSSR count). The van der Waals surface area contributed by atoms with Crippen molar-refractivity contribution in [3.8, 4) is 11.5 Å². The predicted octanol–water partition coefficient (Wildman–Crippen LogP) is 6.49. The van der Waals surface area contributed by atoms with Gasteiger partial charge in [0.1, 0.15) is 11.5 Å². The van der Waals surface area contributed by atoms with Gasteiger partial charge in [-0.3, -0.25) is 4.79 Å². The van der Waals surface area contributed by atoms with Crippen LogP contribution in [0.4, 0.5) is 13.2 Å². The average Bonchev–Trinajstić information content (AvgIpc) is 3.14. The van der Waals surface area contributed by atoms with E-state index in [-0.39, 0.29) is 12.5 Å². The fourth-order valence-corrected chi connectivity index (χ4v) is 4.61. The summed E-state index contributed by atoms with van der Waals surface area (Å²) in [5, 5.41) is 12.7. The summed E-state index contributed by atoms with van der Waals surface area (Å²) in [6, 6.07) is 18.4. The van der Waals surface area contributed by atoms with Gasteiger partial charge in [-0.15, -0.1) is 0 Å². The smallest absolute Gasteiger partial charge is 0.416 e. The first-order chi connectivity index (χ1) is 16.3. The first-order valence-corrected chi connectivity index (χ1v) is 11.3. The van der Waals surface area contributed by atoms with E-state index in [1.807, 2.05) is 18.2 Å². The van der Waals surface area contributed by atoms with Gasteiger partial charge in [-0.1, -0.05) is 48.0 Å². The Bertz CT molecular complexity index is 1150. The van der Waals surface area contributed by atoms with Crippen molar-refractivity contribution in [3.63, 3.8) is 0 Å². The lowest BCUT2D eigenvalue weighted by atomic mass is 9.79. The molecule has 0 bridgehead atoms. The number of nitrogens with one attached hydrogen (secondary N) is 1. The van der Waals surface area contributed by atoms with Gasteiger partial charge in [0, 0.05) is 29.0 Å². The molecular weight excluding hydrogens is 467 g/mol. The van der Waals surface area contributed by atoms with E-state index in [2.05, 4.69) is 5.32 Å². The number of alkyl halides is 3. The minimum Gasteiger partial charge on any atom is -0.457 e. The number of rotatable bonds is 7. The molecule has 4 nitrogen and oxygen atoms in total. The van der Waals surface area contributed by atoms with Crippen LogP contribution >= 0.6 is 11.6 Å². The fourth-order valence-electron chi connectivity index (χ4n) is 4.45. The van der Waals surface area contributed by atoms with Gasteiger partial charge in [-0.2, -0.15) is 13.2 Å². The highest BCUT2D eigenvalue weighted by atomic mass is 35.5. The lowest BCUT2D eigenvalue weighted by Gasteiger charge is -2.26. The van der Waals surface area contributed by atoms with Gasteiger partial charge in [0.05, 0.1) is 11.6 Å². The number of ether oxygens (including phenoxy) is 1. The van der Waals surface area contributed by atoms with E-state index < -0.39 is 29.6 Å². The summed E-state index contributed by atoms with van der Waals surface area (Å²) in [5.74, 6) is -0.386. The van der Waals surface area contributed by atoms with Crippen LogP contribution in [-0.2, 0) is 11.0 Å². The Kier molecular flexibility index (Phi) is 7.14. The molecule has 8 heteroatoms. The summed E-state index contributed by atoms with van der Waals surface area (Å²) >= 11 is 6.24. The van der Waals surface area contributed by atoms with Gasteiger partial charge in [0.15, 0.2) is 0 Å². The second kappa shape index (κ2) is 10.1. The van der Waals surface area contributed by atoms with E-state index in [9.17, 15) is 23.1 Å². The molecule has 3 aromatic rings. The zero-order valence-corrected chi connectivity index (χ0v) is 18.8. The van der Waals surface area contributed by atoms with Crippen molar-refractivity contribution in [3.05, 3.63) is 94.5 Å². The van der Waals surface area contributed by atoms with Crippen molar-refractivity contribution in [1.29, 1.82) is 0 Å². The molecule has 178 valence electrons. The number of aliphatic hydroxyl groups excluding tert-OH is 1. The molecular formula is C26H23ClF3NO3.